The SMILES string of the molecule is CCn1c(C(=O)Nc2ccccn2)nnc1N1CCCC1c1ccc2c(c1)OCCO2. The number of benzene rings is 1. The van der Waals surface area contributed by atoms with E-state index >= 15 is 0 Å². The zero-order valence-electron chi connectivity index (χ0n) is 17.3. The number of hydrogen-bond donors (Lipinski definition) is 1. The van der Waals surface area contributed by atoms with Gasteiger partial charge >= 0.3 is 0 Å². The fourth-order valence-electron chi connectivity index (χ4n) is 4.20. The summed E-state index contributed by atoms with van der Waals surface area (Å²) in [5.74, 6) is 2.69. The molecule has 2 aromatic heterocycles. The molecule has 1 saturated heterocycles. The summed E-state index contributed by atoms with van der Waals surface area (Å²) in [4.78, 5) is 19.2. The minimum Gasteiger partial charge on any atom is -0.486 e. The van der Waals surface area contributed by atoms with Crippen molar-refractivity contribution >= 4 is 17.7 Å². The molecule has 0 spiro atoms. The van der Waals surface area contributed by atoms with Gasteiger partial charge in [0.25, 0.3) is 5.91 Å². The predicted molar refractivity (Wildman–Crippen MR) is 115 cm³/mol. The van der Waals surface area contributed by atoms with E-state index in [1.165, 1.54) is 0 Å². The number of amides is 1. The third-order valence-electron chi connectivity index (χ3n) is 5.62. The van der Waals surface area contributed by atoms with Crippen LogP contribution in [0, 0.1) is 0 Å². The molecule has 3 aromatic rings. The number of nitrogens with zero attached hydrogens (tertiary/aromatic N) is 5. The lowest BCUT2D eigenvalue weighted by Gasteiger charge is -2.27. The number of aromatic nitrogens is 4. The van der Waals surface area contributed by atoms with Crippen LogP contribution in [0.5, 0.6) is 11.5 Å². The second-order valence-electron chi connectivity index (χ2n) is 7.49. The minimum absolute atomic E-state index is 0.136. The van der Waals surface area contributed by atoms with Gasteiger partial charge < -0.3 is 19.7 Å². The summed E-state index contributed by atoms with van der Waals surface area (Å²) in [5, 5.41) is 11.4. The predicted octanol–water partition coefficient (Wildman–Crippen LogP) is 3.06. The molecule has 2 aliphatic rings. The number of ether oxygens (including phenoxy) is 2. The quantitative estimate of drug-likeness (QED) is 0.678. The van der Waals surface area contributed by atoms with E-state index in [1.54, 1.807) is 18.3 Å². The molecule has 1 aromatic carbocycles. The van der Waals surface area contributed by atoms with Crippen molar-refractivity contribution in [2.75, 3.05) is 30.0 Å². The van der Waals surface area contributed by atoms with Crippen LogP contribution in [0.4, 0.5) is 11.8 Å². The highest BCUT2D eigenvalue weighted by molar-refractivity contribution is 6.01. The van der Waals surface area contributed by atoms with Crippen LogP contribution in [0.2, 0.25) is 0 Å². The number of carbonyl (C=O) groups is 1. The van der Waals surface area contributed by atoms with Gasteiger partial charge in [-0.05, 0) is 49.6 Å². The number of carbonyl (C=O) groups excluding carboxylic acids is 1. The Morgan fingerprint density at radius 1 is 1.16 bits per heavy atom. The van der Waals surface area contributed by atoms with Crippen molar-refractivity contribution in [1.29, 1.82) is 0 Å². The van der Waals surface area contributed by atoms with Gasteiger partial charge in [-0.2, -0.15) is 0 Å². The van der Waals surface area contributed by atoms with Crippen LogP contribution in [0.25, 0.3) is 0 Å². The van der Waals surface area contributed by atoms with Crippen molar-refractivity contribution in [1.82, 2.24) is 19.7 Å². The number of rotatable bonds is 5. The largest absolute Gasteiger partial charge is 0.486 e. The van der Waals surface area contributed by atoms with Crippen molar-refractivity contribution in [3.05, 3.63) is 54.0 Å². The smallest absolute Gasteiger partial charge is 0.294 e. The Labute approximate surface area is 180 Å². The molecule has 1 fully saturated rings. The molecule has 1 atom stereocenters. The van der Waals surface area contributed by atoms with E-state index in [1.807, 2.05) is 23.6 Å². The van der Waals surface area contributed by atoms with Gasteiger partial charge in [0.2, 0.25) is 11.8 Å². The number of fused-ring (bicyclic) bond motifs is 1. The molecule has 1 unspecified atom stereocenters. The van der Waals surface area contributed by atoms with Gasteiger partial charge in [-0.1, -0.05) is 12.1 Å². The topological polar surface area (TPSA) is 94.4 Å². The molecule has 1 amide bonds. The van der Waals surface area contributed by atoms with E-state index in [0.29, 0.717) is 31.5 Å². The van der Waals surface area contributed by atoms with Crippen LogP contribution in [0.3, 0.4) is 0 Å². The number of anilines is 2. The van der Waals surface area contributed by atoms with Crippen LogP contribution in [0.1, 0.15) is 42.0 Å². The van der Waals surface area contributed by atoms with E-state index in [4.69, 9.17) is 9.47 Å². The molecule has 0 bridgehead atoms. The van der Waals surface area contributed by atoms with Gasteiger partial charge in [-0.3, -0.25) is 9.36 Å². The van der Waals surface area contributed by atoms with Crippen LogP contribution < -0.4 is 19.7 Å². The maximum absolute atomic E-state index is 12.8. The van der Waals surface area contributed by atoms with Crippen molar-refractivity contribution in [2.45, 2.75) is 32.4 Å². The highest BCUT2D eigenvalue weighted by atomic mass is 16.6. The molecule has 1 N–H and O–H groups in total. The number of nitrogens with one attached hydrogen (secondary N) is 1. The molecule has 4 heterocycles. The molecule has 0 saturated carbocycles. The van der Waals surface area contributed by atoms with E-state index < -0.39 is 0 Å². The van der Waals surface area contributed by atoms with E-state index in [-0.39, 0.29) is 17.8 Å². The molecule has 160 valence electrons. The van der Waals surface area contributed by atoms with E-state index in [2.05, 4.69) is 37.5 Å². The fraction of sp³-hybridized carbons (Fsp3) is 0.364. The molecule has 0 radical (unpaired) electrons. The van der Waals surface area contributed by atoms with Gasteiger partial charge in [-0.25, -0.2) is 4.98 Å². The maximum atomic E-state index is 12.8. The zero-order chi connectivity index (χ0) is 21.2. The number of hydrogen-bond acceptors (Lipinski definition) is 7. The first-order valence-electron chi connectivity index (χ1n) is 10.6. The van der Waals surface area contributed by atoms with E-state index in [9.17, 15) is 4.79 Å². The molecule has 5 rings (SSSR count). The maximum Gasteiger partial charge on any atom is 0.294 e. The summed E-state index contributed by atoms with van der Waals surface area (Å²) in [5.41, 5.74) is 1.15. The van der Waals surface area contributed by atoms with Gasteiger partial charge in [0.15, 0.2) is 11.5 Å². The summed E-state index contributed by atoms with van der Waals surface area (Å²) < 4.78 is 13.3. The second kappa shape index (κ2) is 8.25. The van der Waals surface area contributed by atoms with Gasteiger partial charge in [0.1, 0.15) is 19.0 Å². The lowest BCUT2D eigenvalue weighted by molar-refractivity contribution is 0.101. The Balaban J connectivity index is 1.42. The first-order valence-corrected chi connectivity index (χ1v) is 10.6. The third kappa shape index (κ3) is 3.67. The van der Waals surface area contributed by atoms with Gasteiger partial charge in [0.05, 0.1) is 6.04 Å². The van der Waals surface area contributed by atoms with Crippen molar-refractivity contribution in [2.24, 2.45) is 0 Å². The molecule has 9 heteroatoms. The molecule has 9 nitrogen and oxygen atoms in total. The Hall–Kier alpha value is -3.62. The lowest BCUT2D eigenvalue weighted by atomic mass is 10.0. The van der Waals surface area contributed by atoms with Crippen molar-refractivity contribution in [3.63, 3.8) is 0 Å². The summed E-state index contributed by atoms with van der Waals surface area (Å²) in [6, 6.07) is 11.6. The van der Waals surface area contributed by atoms with Crippen LogP contribution in [-0.4, -0.2) is 45.4 Å². The van der Waals surface area contributed by atoms with Gasteiger partial charge in [0, 0.05) is 19.3 Å². The Kier molecular flexibility index (Phi) is 5.15. The lowest BCUT2D eigenvalue weighted by Crippen LogP contribution is -2.27. The standard InChI is InChI=1S/C22H24N6O3/c1-2-27-20(21(29)24-19-7-3-4-10-23-19)25-26-22(27)28-11-5-6-16(28)15-8-9-17-18(14-15)31-13-12-30-17/h3-4,7-10,14,16H,2,5-6,11-13H2,1H3,(H,23,24,29). The van der Waals surface area contributed by atoms with Crippen molar-refractivity contribution in [3.8, 4) is 11.5 Å². The summed E-state index contributed by atoms with van der Waals surface area (Å²) in [6.45, 7) is 4.55. The molecule has 31 heavy (non-hydrogen) atoms. The summed E-state index contributed by atoms with van der Waals surface area (Å²) in [7, 11) is 0. The van der Waals surface area contributed by atoms with E-state index in [0.717, 1.165) is 36.4 Å². The normalized spacial score (nSPS) is 17.6. The molecule has 0 aliphatic carbocycles. The Morgan fingerprint density at radius 3 is 2.84 bits per heavy atom. The van der Waals surface area contributed by atoms with Crippen LogP contribution in [0.15, 0.2) is 42.6 Å². The minimum atomic E-state index is -0.325. The summed E-state index contributed by atoms with van der Waals surface area (Å²) >= 11 is 0. The molecule has 2 aliphatic heterocycles. The van der Waals surface area contributed by atoms with Crippen molar-refractivity contribution < 1.29 is 14.3 Å². The molecular weight excluding hydrogens is 396 g/mol. The van der Waals surface area contributed by atoms with Crippen LogP contribution >= 0.6 is 0 Å². The molecular formula is C22H24N6O3. The zero-order valence-corrected chi connectivity index (χ0v) is 17.3. The average molecular weight is 420 g/mol. The van der Waals surface area contributed by atoms with Gasteiger partial charge in [-0.15, -0.1) is 10.2 Å². The third-order valence-corrected chi connectivity index (χ3v) is 5.62. The highest BCUT2D eigenvalue weighted by Gasteiger charge is 2.32. The fourth-order valence-corrected chi connectivity index (χ4v) is 4.20. The Bertz CT molecular complexity index is 1080. The average Bonchev–Trinajstić information content (AvgIpc) is 3.46. The number of pyridine rings is 1. The summed E-state index contributed by atoms with van der Waals surface area (Å²) in [6.07, 6.45) is 3.66. The highest BCUT2D eigenvalue weighted by Crippen LogP contribution is 2.39. The second-order valence-corrected chi connectivity index (χ2v) is 7.49. The first kappa shape index (κ1) is 19.3. The first-order chi connectivity index (χ1) is 15.2. The Morgan fingerprint density at radius 2 is 2.03 bits per heavy atom. The monoisotopic (exact) mass is 420 g/mol. The van der Waals surface area contributed by atoms with Crippen LogP contribution in [-0.2, 0) is 6.54 Å².